The maximum atomic E-state index is 8.86. The number of hydrogen-bond donors (Lipinski definition) is 0. The number of fused-ring (bicyclic) bond motifs is 1. The van der Waals surface area contributed by atoms with E-state index in [0.29, 0.717) is 12.3 Å². The average molecular weight is 227 g/mol. The normalized spacial score (nSPS) is 12.5. The van der Waals surface area contributed by atoms with E-state index in [4.69, 9.17) is 5.26 Å². The molecule has 1 aromatic carbocycles. The van der Waals surface area contributed by atoms with E-state index in [2.05, 4.69) is 35.5 Å². The summed E-state index contributed by atoms with van der Waals surface area (Å²) in [5.74, 6) is 1.49. The van der Waals surface area contributed by atoms with Crippen LogP contribution in [0.25, 0.3) is 11.0 Å². The van der Waals surface area contributed by atoms with Crippen molar-refractivity contribution in [1.29, 1.82) is 5.26 Å². The monoisotopic (exact) mass is 227 g/mol. The molecule has 1 aromatic heterocycles. The Balaban J connectivity index is 2.48. The standard InChI is InChI=1S/C14H17N3/c1-3-11(2)10-17-13-7-5-4-6-12(13)16-14(17)8-9-15/h4-7,11H,3,8,10H2,1-2H3. The SMILES string of the molecule is CCC(C)Cn1c(CC#N)nc2ccccc21. The molecule has 1 atom stereocenters. The molecule has 0 spiro atoms. The molecule has 0 saturated carbocycles. The van der Waals surface area contributed by atoms with Gasteiger partial charge >= 0.3 is 0 Å². The van der Waals surface area contributed by atoms with Crippen molar-refractivity contribution < 1.29 is 0 Å². The molecule has 88 valence electrons. The lowest BCUT2D eigenvalue weighted by Gasteiger charge is -2.12. The molecule has 0 bridgehead atoms. The Hall–Kier alpha value is -1.82. The van der Waals surface area contributed by atoms with Crippen molar-refractivity contribution in [3.8, 4) is 6.07 Å². The van der Waals surface area contributed by atoms with Crippen molar-refractivity contribution in [1.82, 2.24) is 9.55 Å². The fourth-order valence-corrected chi connectivity index (χ4v) is 1.98. The molecule has 3 heteroatoms. The molecular formula is C14H17N3. The molecule has 2 rings (SSSR count). The highest BCUT2D eigenvalue weighted by Gasteiger charge is 2.11. The van der Waals surface area contributed by atoms with Gasteiger partial charge in [0, 0.05) is 6.54 Å². The minimum Gasteiger partial charge on any atom is -0.327 e. The Morgan fingerprint density at radius 1 is 1.41 bits per heavy atom. The zero-order valence-electron chi connectivity index (χ0n) is 10.3. The Kier molecular flexibility index (Phi) is 3.43. The molecule has 17 heavy (non-hydrogen) atoms. The summed E-state index contributed by atoms with van der Waals surface area (Å²) in [6, 6.07) is 10.3. The van der Waals surface area contributed by atoms with Crippen molar-refractivity contribution in [2.24, 2.45) is 5.92 Å². The lowest BCUT2D eigenvalue weighted by Crippen LogP contribution is -2.09. The number of rotatable bonds is 4. The lowest BCUT2D eigenvalue weighted by molar-refractivity contribution is 0.468. The second kappa shape index (κ2) is 5.01. The molecule has 0 radical (unpaired) electrons. The molecule has 2 aromatic rings. The summed E-state index contributed by atoms with van der Waals surface area (Å²) < 4.78 is 2.19. The maximum absolute atomic E-state index is 8.86. The summed E-state index contributed by atoms with van der Waals surface area (Å²) in [5, 5.41) is 8.86. The Labute approximate surface area is 102 Å². The molecule has 1 heterocycles. The Bertz CT molecular complexity index is 548. The first kappa shape index (κ1) is 11.7. The number of nitrogens with zero attached hydrogens (tertiary/aromatic N) is 3. The van der Waals surface area contributed by atoms with Crippen LogP contribution in [0.3, 0.4) is 0 Å². The number of hydrogen-bond acceptors (Lipinski definition) is 2. The van der Waals surface area contributed by atoms with Gasteiger partial charge in [-0.25, -0.2) is 4.98 Å². The molecule has 0 aliphatic carbocycles. The second-order valence-corrected chi connectivity index (χ2v) is 4.48. The second-order valence-electron chi connectivity index (χ2n) is 4.48. The zero-order chi connectivity index (χ0) is 12.3. The van der Waals surface area contributed by atoms with Gasteiger partial charge in [0.15, 0.2) is 0 Å². The first-order valence-electron chi connectivity index (χ1n) is 6.07. The quantitative estimate of drug-likeness (QED) is 0.805. The third-order valence-corrected chi connectivity index (χ3v) is 3.16. The zero-order valence-corrected chi connectivity index (χ0v) is 10.3. The van der Waals surface area contributed by atoms with E-state index < -0.39 is 0 Å². The van der Waals surface area contributed by atoms with Gasteiger partial charge in [0.25, 0.3) is 0 Å². The maximum Gasteiger partial charge on any atom is 0.124 e. The first-order chi connectivity index (χ1) is 8.26. The number of imidazole rings is 1. The van der Waals surface area contributed by atoms with E-state index >= 15 is 0 Å². The smallest absolute Gasteiger partial charge is 0.124 e. The van der Waals surface area contributed by atoms with E-state index in [1.165, 1.54) is 0 Å². The van der Waals surface area contributed by atoms with Crippen LogP contribution in [-0.4, -0.2) is 9.55 Å². The highest BCUT2D eigenvalue weighted by atomic mass is 15.1. The van der Waals surface area contributed by atoms with Crippen molar-refractivity contribution in [2.45, 2.75) is 33.2 Å². The Morgan fingerprint density at radius 2 is 2.18 bits per heavy atom. The lowest BCUT2D eigenvalue weighted by atomic mass is 10.1. The van der Waals surface area contributed by atoms with E-state index in [0.717, 1.165) is 29.8 Å². The van der Waals surface area contributed by atoms with Crippen LogP contribution in [0.15, 0.2) is 24.3 Å². The molecule has 0 aliphatic rings. The van der Waals surface area contributed by atoms with Crippen LogP contribution in [0.1, 0.15) is 26.1 Å². The van der Waals surface area contributed by atoms with Crippen LogP contribution >= 0.6 is 0 Å². The molecular weight excluding hydrogens is 210 g/mol. The van der Waals surface area contributed by atoms with Crippen molar-refractivity contribution in [3.05, 3.63) is 30.1 Å². The van der Waals surface area contributed by atoms with E-state index in [9.17, 15) is 0 Å². The van der Waals surface area contributed by atoms with Crippen LogP contribution in [0.4, 0.5) is 0 Å². The van der Waals surface area contributed by atoms with Crippen LogP contribution < -0.4 is 0 Å². The molecule has 1 unspecified atom stereocenters. The van der Waals surface area contributed by atoms with Crippen molar-refractivity contribution in [3.63, 3.8) is 0 Å². The minimum absolute atomic E-state index is 0.380. The number of aromatic nitrogens is 2. The molecule has 0 saturated heterocycles. The van der Waals surface area contributed by atoms with Crippen LogP contribution in [0.2, 0.25) is 0 Å². The van der Waals surface area contributed by atoms with Gasteiger partial charge in [0.1, 0.15) is 5.82 Å². The largest absolute Gasteiger partial charge is 0.327 e. The van der Waals surface area contributed by atoms with Gasteiger partial charge in [0.05, 0.1) is 23.5 Å². The average Bonchev–Trinajstić information content (AvgIpc) is 2.68. The van der Waals surface area contributed by atoms with E-state index in [1.807, 2.05) is 18.2 Å². The van der Waals surface area contributed by atoms with Gasteiger partial charge in [0.2, 0.25) is 0 Å². The van der Waals surface area contributed by atoms with Crippen molar-refractivity contribution in [2.75, 3.05) is 0 Å². The summed E-state index contributed by atoms with van der Waals surface area (Å²) in [6.45, 7) is 5.35. The van der Waals surface area contributed by atoms with E-state index in [1.54, 1.807) is 0 Å². The first-order valence-corrected chi connectivity index (χ1v) is 6.07. The predicted octanol–water partition coefficient (Wildman–Crippen LogP) is 3.15. The minimum atomic E-state index is 0.380. The highest BCUT2D eigenvalue weighted by molar-refractivity contribution is 5.75. The van der Waals surface area contributed by atoms with Gasteiger partial charge in [-0.2, -0.15) is 5.26 Å². The summed E-state index contributed by atoms with van der Waals surface area (Å²) in [5.41, 5.74) is 2.12. The van der Waals surface area contributed by atoms with Gasteiger partial charge in [-0.3, -0.25) is 0 Å². The summed E-state index contributed by atoms with van der Waals surface area (Å²) in [4.78, 5) is 4.53. The van der Waals surface area contributed by atoms with Gasteiger partial charge < -0.3 is 4.57 Å². The van der Waals surface area contributed by atoms with E-state index in [-0.39, 0.29) is 0 Å². The number of nitriles is 1. The summed E-state index contributed by atoms with van der Waals surface area (Å²) >= 11 is 0. The third-order valence-electron chi connectivity index (χ3n) is 3.16. The molecule has 0 aliphatic heterocycles. The van der Waals surface area contributed by atoms with Gasteiger partial charge in [-0.05, 0) is 18.1 Å². The van der Waals surface area contributed by atoms with Crippen molar-refractivity contribution >= 4 is 11.0 Å². The van der Waals surface area contributed by atoms with Crippen LogP contribution in [0, 0.1) is 17.2 Å². The third kappa shape index (κ3) is 2.31. The fourth-order valence-electron chi connectivity index (χ4n) is 1.98. The number of para-hydroxylation sites is 2. The molecule has 0 fully saturated rings. The predicted molar refractivity (Wildman–Crippen MR) is 68.5 cm³/mol. The highest BCUT2D eigenvalue weighted by Crippen LogP contribution is 2.18. The fraction of sp³-hybridized carbons (Fsp3) is 0.429. The Morgan fingerprint density at radius 3 is 2.88 bits per heavy atom. The van der Waals surface area contributed by atoms with Crippen LogP contribution in [-0.2, 0) is 13.0 Å². The molecule has 0 N–H and O–H groups in total. The molecule has 0 amide bonds. The number of benzene rings is 1. The topological polar surface area (TPSA) is 41.6 Å². The summed E-state index contributed by atoms with van der Waals surface area (Å²) in [7, 11) is 0. The molecule has 3 nitrogen and oxygen atoms in total. The van der Waals surface area contributed by atoms with Gasteiger partial charge in [-0.15, -0.1) is 0 Å². The van der Waals surface area contributed by atoms with Gasteiger partial charge in [-0.1, -0.05) is 32.4 Å². The summed E-state index contributed by atoms with van der Waals surface area (Å²) in [6.07, 6.45) is 1.52. The van der Waals surface area contributed by atoms with Crippen LogP contribution in [0.5, 0.6) is 0 Å².